The first-order valence-electron chi connectivity index (χ1n) is 13.7. The van der Waals surface area contributed by atoms with Gasteiger partial charge in [-0.2, -0.15) is 0 Å². The van der Waals surface area contributed by atoms with Gasteiger partial charge in [-0.1, -0.05) is 89.9 Å². The normalized spacial score (nSPS) is 11.9. The Hall–Kier alpha value is -3.85. The highest BCUT2D eigenvalue weighted by atomic mass is 35.5. The van der Waals surface area contributed by atoms with Crippen molar-refractivity contribution in [2.75, 3.05) is 17.9 Å². The van der Waals surface area contributed by atoms with Crippen molar-refractivity contribution in [1.82, 2.24) is 10.2 Å². The van der Waals surface area contributed by atoms with Crippen LogP contribution in [0.3, 0.4) is 0 Å². The first-order valence-corrected chi connectivity index (χ1v) is 15.9. The SMILES string of the molecule is CNC(=O)C(Cc1ccccc1)N(Cc1c(Cl)cccc1Cl)C(=O)CN(c1cccc(C)c1C)S(=O)(=O)c1ccccc1. The van der Waals surface area contributed by atoms with Gasteiger partial charge in [-0.3, -0.25) is 13.9 Å². The quantitative estimate of drug-likeness (QED) is 0.212. The largest absolute Gasteiger partial charge is 0.357 e. The van der Waals surface area contributed by atoms with E-state index in [2.05, 4.69) is 5.32 Å². The van der Waals surface area contributed by atoms with Crippen LogP contribution in [0.25, 0.3) is 0 Å². The first kappa shape index (κ1) is 32.1. The number of likely N-dealkylation sites (N-methyl/N-ethyl adjacent to an activating group) is 1. The Bertz CT molecular complexity index is 1680. The maximum Gasteiger partial charge on any atom is 0.264 e. The molecule has 0 heterocycles. The number of aryl methyl sites for hydroxylation is 1. The van der Waals surface area contributed by atoms with E-state index in [0.717, 1.165) is 15.4 Å². The molecule has 0 spiro atoms. The van der Waals surface area contributed by atoms with Crippen molar-refractivity contribution in [3.63, 3.8) is 0 Å². The Morgan fingerprint density at radius 3 is 2.00 bits per heavy atom. The molecular formula is C33H33Cl2N3O4S. The summed E-state index contributed by atoms with van der Waals surface area (Å²) in [5, 5.41) is 3.31. The molecule has 0 saturated carbocycles. The summed E-state index contributed by atoms with van der Waals surface area (Å²) < 4.78 is 29.3. The number of nitrogens with one attached hydrogen (secondary N) is 1. The van der Waals surface area contributed by atoms with E-state index in [0.29, 0.717) is 26.9 Å². The molecule has 1 N–H and O–H groups in total. The van der Waals surface area contributed by atoms with E-state index in [1.165, 1.54) is 24.1 Å². The topological polar surface area (TPSA) is 86.8 Å². The number of carbonyl (C=O) groups excluding carboxylic acids is 2. The van der Waals surface area contributed by atoms with Crippen molar-refractivity contribution < 1.29 is 18.0 Å². The lowest BCUT2D eigenvalue weighted by atomic mass is 10.0. The Morgan fingerprint density at radius 1 is 0.814 bits per heavy atom. The van der Waals surface area contributed by atoms with Gasteiger partial charge in [0.2, 0.25) is 11.8 Å². The third-order valence-electron chi connectivity index (χ3n) is 7.36. The van der Waals surface area contributed by atoms with Crippen LogP contribution in [0.15, 0.2) is 102 Å². The van der Waals surface area contributed by atoms with Crippen molar-refractivity contribution >= 4 is 50.7 Å². The van der Waals surface area contributed by atoms with Crippen molar-refractivity contribution in [3.05, 3.63) is 129 Å². The van der Waals surface area contributed by atoms with E-state index < -0.39 is 34.4 Å². The predicted octanol–water partition coefficient (Wildman–Crippen LogP) is 6.19. The van der Waals surface area contributed by atoms with Gasteiger partial charge in [-0.15, -0.1) is 0 Å². The van der Waals surface area contributed by atoms with Gasteiger partial charge >= 0.3 is 0 Å². The van der Waals surface area contributed by atoms with Crippen molar-refractivity contribution in [1.29, 1.82) is 0 Å². The highest BCUT2D eigenvalue weighted by molar-refractivity contribution is 7.92. The van der Waals surface area contributed by atoms with Crippen LogP contribution in [0, 0.1) is 13.8 Å². The van der Waals surface area contributed by atoms with Crippen LogP contribution < -0.4 is 9.62 Å². The maximum absolute atomic E-state index is 14.4. The summed E-state index contributed by atoms with van der Waals surface area (Å²) in [5.41, 5.74) is 3.22. The first-order chi connectivity index (χ1) is 20.5. The number of benzene rings is 4. The smallest absolute Gasteiger partial charge is 0.264 e. The highest BCUT2D eigenvalue weighted by Crippen LogP contribution is 2.31. The second-order valence-electron chi connectivity index (χ2n) is 10.1. The molecule has 1 atom stereocenters. The van der Waals surface area contributed by atoms with Gasteiger partial charge in [-0.05, 0) is 60.9 Å². The zero-order valence-electron chi connectivity index (χ0n) is 24.1. The van der Waals surface area contributed by atoms with E-state index in [1.54, 1.807) is 48.5 Å². The molecule has 10 heteroatoms. The molecule has 43 heavy (non-hydrogen) atoms. The van der Waals surface area contributed by atoms with Gasteiger partial charge < -0.3 is 10.2 Å². The summed E-state index contributed by atoms with van der Waals surface area (Å²) in [6.45, 7) is 3.01. The standard InChI is InChI=1S/C33H33Cl2N3O4S/c1-23-12-10-19-30(24(23)2)38(43(41,42)26-15-8-5-9-16-26)22-32(39)37(21-27-28(34)17-11-18-29(27)35)31(33(40)36-3)20-25-13-6-4-7-14-25/h4-19,31H,20-22H2,1-3H3,(H,36,40). The van der Waals surface area contributed by atoms with E-state index >= 15 is 0 Å². The number of anilines is 1. The minimum Gasteiger partial charge on any atom is -0.357 e. The average molecular weight is 639 g/mol. The van der Waals surface area contributed by atoms with Crippen LogP contribution in [0.4, 0.5) is 5.69 Å². The summed E-state index contributed by atoms with van der Waals surface area (Å²) in [6, 6.07) is 26.5. The van der Waals surface area contributed by atoms with Gasteiger partial charge in [0, 0.05) is 35.6 Å². The van der Waals surface area contributed by atoms with Crippen LogP contribution in [0.2, 0.25) is 10.0 Å². The predicted molar refractivity (Wildman–Crippen MR) is 172 cm³/mol. The molecular weight excluding hydrogens is 605 g/mol. The van der Waals surface area contributed by atoms with Gasteiger partial charge in [0.1, 0.15) is 12.6 Å². The lowest BCUT2D eigenvalue weighted by Crippen LogP contribution is -2.53. The third-order valence-corrected chi connectivity index (χ3v) is 9.84. The van der Waals surface area contributed by atoms with E-state index in [9.17, 15) is 18.0 Å². The average Bonchev–Trinajstić information content (AvgIpc) is 3.01. The summed E-state index contributed by atoms with van der Waals surface area (Å²) in [5.74, 6) is -1.01. The van der Waals surface area contributed by atoms with Crippen molar-refractivity contribution in [2.24, 2.45) is 0 Å². The number of carbonyl (C=O) groups is 2. The molecule has 2 amide bonds. The van der Waals surface area contributed by atoms with Crippen LogP contribution in [-0.2, 0) is 32.6 Å². The van der Waals surface area contributed by atoms with Gasteiger partial charge in [0.25, 0.3) is 10.0 Å². The summed E-state index contributed by atoms with van der Waals surface area (Å²) in [4.78, 5) is 29.2. The molecule has 4 aromatic rings. The Morgan fingerprint density at radius 2 is 1.40 bits per heavy atom. The lowest BCUT2D eigenvalue weighted by molar-refractivity contribution is -0.139. The molecule has 4 aromatic carbocycles. The zero-order valence-corrected chi connectivity index (χ0v) is 26.5. The van der Waals surface area contributed by atoms with E-state index in [1.807, 2.05) is 50.2 Å². The molecule has 0 saturated heterocycles. The molecule has 0 radical (unpaired) electrons. The number of sulfonamides is 1. The van der Waals surface area contributed by atoms with Crippen LogP contribution in [-0.4, -0.2) is 44.8 Å². The molecule has 0 aromatic heterocycles. The van der Waals surface area contributed by atoms with Gasteiger partial charge in [0.05, 0.1) is 10.6 Å². The molecule has 224 valence electrons. The van der Waals surface area contributed by atoms with Crippen LogP contribution in [0.5, 0.6) is 0 Å². The summed E-state index contributed by atoms with van der Waals surface area (Å²) in [7, 11) is -2.69. The molecule has 0 aliphatic rings. The molecule has 1 unspecified atom stereocenters. The van der Waals surface area contributed by atoms with E-state index in [4.69, 9.17) is 23.2 Å². The maximum atomic E-state index is 14.4. The molecule has 0 bridgehead atoms. The minimum atomic E-state index is -4.19. The number of rotatable bonds is 11. The number of hydrogen-bond acceptors (Lipinski definition) is 4. The monoisotopic (exact) mass is 637 g/mol. The van der Waals surface area contributed by atoms with Crippen LogP contribution in [0.1, 0.15) is 22.3 Å². The molecule has 0 aliphatic carbocycles. The number of halogens is 2. The molecule has 0 aliphatic heterocycles. The minimum absolute atomic E-state index is 0.0385. The van der Waals surface area contributed by atoms with Crippen LogP contribution >= 0.6 is 23.2 Å². The van der Waals surface area contributed by atoms with Gasteiger partial charge in [-0.25, -0.2) is 8.42 Å². The fourth-order valence-corrected chi connectivity index (χ4v) is 6.82. The molecule has 4 rings (SSSR count). The molecule has 0 fully saturated rings. The fraction of sp³-hybridized carbons (Fsp3) is 0.212. The lowest BCUT2D eigenvalue weighted by Gasteiger charge is -2.34. The summed E-state index contributed by atoms with van der Waals surface area (Å²) in [6.07, 6.45) is 0.184. The van der Waals surface area contributed by atoms with E-state index in [-0.39, 0.29) is 17.9 Å². The number of amides is 2. The van der Waals surface area contributed by atoms with Crippen molar-refractivity contribution in [2.45, 2.75) is 37.8 Å². The zero-order chi connectivity index (χ0) is 31.1. The molecule has 7 nitrogen and oxygen atoms in total. The second-order valence-corrected chi connectivity index (χ2v) is 12.8. The third kappa shape index (κ3) is 7.39. The highest BCUT2D eigenvalue weighted by Gasteiger charge is 2.35. The Balaban J connectivity index is 1.85. The second kappa shape index (κ2) is 14.1. The van der Waals surface area contributed by atoms with Gasteiger partial charge in [0.15, 0.2) is 0 Å². The Labute approximate surface area is 263 Å². The number of hydrogen-bond donors (Lipinski definition) is 1. The number of nitrogens with zero attached hydrogens (tertiary/aromatic N) is 2. The Kier molecular flexibility index (Phi) is 10.5. The summed E-state index contributed by atoms with van der Waals surface area (Å²) >= 11 is 13.0. The fourth-order valence-electron chi connectivity index (χ4n) is 4.81. The van der Waals surface area contributed by atoms with Crippen molar-refractivity contribution in [3.8, 4) is 0 Å².